The summed E-state index contributed by atoms with van der Waals surface area (Å²) < 4.78 is 6.42. The lowest BCUT2D eigenvalue weighted by Crippen LogP contribution is -2.39. The number of hydrogen-bond donors (Lipinski definition) is 0. The van der Waals surface area contributed by atoms with E-state index in [4.69, 9.17) is 10.00 Å². The van der Waals surface area contributed by atoms with Crippen molar-refractivity contribution >= 4 is 21.6 Å². The van der Waals surface area contributed by atoms with E-state index >= 15 is 0 Å². The van der Waals surface area contributed by atoms with Crippen molar-refractivity contribution in [3.63, 3.8) is 0 Å². The van der Waals surface area contributed by atoms with Crippen LogP contribution in [-0.2, 0) is 4.74 Å². The highest BCUT2D eigenvalue weighted by Gasteiger charge is 2.21. The van der Waals surface area contributed by atoms with Crippen LogP contribution in [0, 0.1) is 11.3 Å². The van der Waals surface area contributed by atoms with Crippen molar-refractivity contribution < 1.29 is 4.74 Å². The van der Waals surface area contributed by atoms with E-state index < -0.39 is 0 Å². The molecule has 1 atom stereocenters. The number of methoxy groups -OCH3 is 1. The van der Waals surface area contributed by atoms with E-state index in [0.29, 0.717) is 0 Å². The Morgan fingerprint density at radius 3 is 3.06 bits per heavy atom. The summed E-state index contributed by atoms with van der Waals surface area (Å²) in [6.45, 7) is 1.85. The zero-order chi connectivity index (χ0) is 12.3. The van der Waals surface area contributed by atoms with Gasteiger partial charge < -0.3 is 9.64 Å². The van der Waals surface area contributed by atoms with Crippen molar-refractivity contribution in [3.8, 4) is 6.07 Å². The van der Waals surface area contributed by atoms with Crippen molar-refractivity contribution in [2.45, 2.75) is 18.9 Å². The van der Waals surface area contributed by atoms with Crippen LogP contribution in [0.5, 0.6) is 0 Å². The molecule has 1 fully saturated rings. The van der Waals surface area contributed by atoms with Gasteiger partial charge in [0, 0.05) is 24.7 Å². The van der Waals surface area contributed by atoms with Crippen LogP contribution in [0.1, 0.15) is 18.4 Å². The second-order valence-electron chi connectivity index (χ2n) is 4.22. The minimum Gasteiger partial charge on any atom is -0.380 e. The molecule has 90 valence electrons. The third kappa shape index (κ3) is 2.80. The quantitative estimate of drug-likeness (QED) is 0.841. The zero-order valence-electron chi connectivity index (χ0n) is 9.82. The molecule has 0 N–H and O–H groups in total. The number of hydrogen-bond acceptors (Lipinski definition) is 3. The van der Waals surface area contributed by atoms with Gasteiger partial charge in [-0.25, -0.2) is 0 Å². The second kappa shape index (κ2) is 5.52. The number of nitriles is 1. The van der Waals surface area contributed by atoms with E-state index in [-0.39, 0.29) is 6.10 Å². The number of halogens is 1. The lowest BCUT2D eigenvalue weighted by Gasteiger charge is -2.34. The average Bonchev–Trinajstić information content (AvgIpc) is 2.39. The summed E-state index contributed by atoms with van der Waals surface area (Å²) in [5.41, 5.74) is 1.73. The molecule has 1 aliphatic heterocycles. The van der Waals surface area contributed by atoms with Crippen LogP contribution in [0.3, 0.4) is 0 Å². The summed E-state index contributed by atoms with van der Waals surface area (Å²) in [4.78, 5) is 2.24. The smallest absolute Gasteiger partial charge is 0.101 e. The molecular weight excluding hydrogens is 280 g/mol. The summed E-state index contributed by atoms with van der Waals surface area (Å²) in [7, 11) is 1.75. The molecule has 0 saturated carbocycles. The molecule has 0 amide bonds. The number of nitrogens with zero attached hydrogens (tertiary/aromatic N) is 2. The molecule has 0 aliphatic carbocycles. The largest absolute Gasteiger partial charge is 0.380 e. The van der Waals surface area contributed by atoms with Crippen molar-refractivity contribution in [2.75, 3.05) is 25.1 Å². The normalized spacial score (nSPS) is 20.1. The van der Waals surface area contributed by atoms with E-state index in [0.717, 1.165) is 41.7 Å². The van der Waals surface area contributed by atoms with Crippen LogP contribution < -0.4 is 4.90 Å². The Morgan fingerprint density at radius 2 is 2.35 bits per heavy atom. The first kappa shape index (κ1) is 12.4. The Labute approximate surface area is 110 Å². The third-order valence-corrected chi connectivity index (χ3v) is 3.63. The van der Waals surface area contributed by atoms with Gasteiger partial charge in [-0.15, -0.1) is 0 Å². The van der Waals surface area contributed by atoms with E-state index in [2.05, 4.69) is 26.9 Å². The van der Waals surface area contributed by atoms with Gasteiger partial charge in [-0.3, -0.25) is 0 Å². The Balaban J connectivity index is 2.27. The Hall–Kier alpha value is -1.05. The Bertz CT molecular complexity index is 442. The summed E-state index contributed by atoms with van der Waals surface area (Å²) in [5.74, 6) is 0. The van der Waals surface area contributed by atoms with Gasteiger partial charge in [-0.05, 0) is 31.0 Å². The lowest BCUT2D eigenvalue weighted by atomic mass is 10.1. The van der Waals surface area contributed by atoms with Crippen LogP contribution in [0.2, 0.25) is 0 Å². The van der Waals surface area contributed by atoms with Gasteiger partial charge in [0.15, 0.2) is 0 Å². The summed E-state index contributed by atoms with van der Waals surface area (Å²) >= 11 is 3.46. The maximum absolute atomic E-state index is 9.14. The molecule has 1 aromatic carbocycles. The number of ether oxygens (including phenoxy) is 1. The van der Waals surface area contributed by atoms with Crippen LogP contribution in [0.15, 0.2) is 22.7 Å². The zero-order valence-corrected chi connectivity index (χ0v) is 11.4. The predicted molar refractivity (Wildman–Crippen MR) is 71.1 cm³/mol. The minimum atomic E-state index is 0.272. The van der Waals surface area contributed by atoms with Crippen molar-refractivity contribution in [1.82, 2.24) is 0 Å². The molecule has 4 heteroatoms. The van der Waals surface area contributed by atoms with Gasteiger partial charge in [-0.1, -0.05) is 15.9 Å². The standard InChI is InChI=1S/C13H15BrN2O/c1-17-12-3-2-6-16(9-12)13-7-11(14)5-4-10(13)8-15/h4-5,7,12H,2-3,6,9H2,1H3. The van der Waals surface area contributed by atoms with Gasteiger partial charge in [0.2, 0.25) is 0 Å². The monoisotopic (exact) mass is 294 g/mol. The summed E-state index contributed by atoms with van der Waals surface area (Å²) in [5, 5.41) is 9.14. The summed E-state index contributed by atoms with van der Waals surface area (Å²) in [6, 6.07) is 8.02. The number of piperidine rings is 1. The fourth-order valence-corrected chi connectivity index (χ4v) is 2.56. The molecule has 2 rings (SSSR count). The first-order valence-corrected chi connectivity index (χ1v) is 6.51. The number of benzene rings is 1. The second-order valence-corrected chi connectivity index (χ2v) is 5.13. The molecule has 1 heterocycles. The average molecular weight is 295 g/mol. The van der Waals surface area contributed by atoms with E-state index in [9.17, 15) is 0 Å². The van der Waals surface area contributed by atoms with Gasteiger partial charge in [0.25, 0.3) is 0 Å². The van der Waals surface area contributed by atoms with Crippen LogP contribution in [-0.4, -0.2) is 26.3 Å². The number of rotatable bonds is 2. The first-order valence-electron chi connectivity index (χ1n) is 5.72. The van der Waals surface area contributed by atoms with Crippen molar-refractivity contribution in [2.24, 2.45) is 0 Å². The fourth-order valence-electron chi connectivity index (χ4n) is 2.21. The molecule has 3 nitrogen and oxygen atoms in total. The molecule has 1 unspecified atom stereocenters. The van der Waals surface area contributed by atoms with Gasteiger partial charge in [0.1, 0.15) is 6.07 Å². The Kier molecular flexibility index (Phi) is 4.03. The maximum Gasteiger partial charge on any atom is 0.101 e. The van der Waals surface area contributed by atoms with E-state index in [1.54, 1.807) is 7.11 Å². The fraction of sp³-hybridized carbons (Fsp3) is 0.462. The van der Waals surface area contributed by atoms with Crippen LogP contribution in [0.25, 0.3) is 0 Å². The third-order valence-electron chi connectivity index (χ3n) is 3.13. The topological polar surface area (TPSA) is 36.3 Å². The van der Waals surface area contributed by atoms with Crippen LogP contribution >= 0.6 is 15.9 Å². The van der Waals surface area contributed by atoms with E-state index in [1.807, 2.05) is 18.2 Å². The first-order chi connectivity index (χ1) is 8.24. The van der Waals surface area contributed by atoms with Crippen LogP contribution in [0.4, 0.5) is 5.69 Å². The number of anilines is 1. The summed E-state index contributed by atoms with van der Waals surface area (Å²) in [6.07, 6.45) is 2.48. The minimum absolute atomic E-state index is 0.272. The van der Waals surface area contributed by atoms with Gasteiger partial charge in [-0.2, -0.15) is 5.26 Å². The molecule has 1 saturated heterocycles. The molecular formula is C13H15BrN2O. The van der Waals surface area contributed by atoms with Gasteiger partial charge >= 0.3 is 0 Å². The maximum atomic E-state index is 9.14. The molecule has 0 aromatic heterocycles. The van der Waals surface area contributed by atoms with Gasteiger partial charge in [0.05, 0.1) is 17.4 Å². The molecule has 0 bridgehead atoms. The van der Waals surface area contributed by atoms with E-state index in [1.165, 1.54) is 0 Å². The molecule has 1 aliphatic rings. The molecule has 0 radical (unpaired) electrons. The molecule has 0 spiro atoms. The SMILES string of the molecule is COC1CCCN(c2cc(Br)ccc2C#N)C1. The van der Waals surface area contributed by atoms with Crippen molar-refractivity contribution in [3.05, 3.63) is 28.2 Å². The lowest BCUT2D eigenvalue weighted by molar-refractivity contribution is 0.0893. The molecule has 17 heavy (non-hydrogen) atoms. The highest BCUT2D eigenvalue weighted by atomic mass is 79.9. The highest BCUT2D eigenvalue weighted by molar-refractivity contribution is 9.10. The Morgan fingerprint density at radius 1 is 1.53 bits per heavy atom. The van der Waals surface area contributed by atoms with Crippen molar-refractivity contribution in [1.29, 1.82) is 5.26 Å². The highest BCUT2D eigenvalue weighted by Crippen LogP contribution is 2.27. The predicted octanol–water partition coefficient (Wildman–Crippen LogP) is 2.94. The molecule has 1 aromatic rings.